The highest BCUT2D eigenvalue weighted by molar-refractivity contribution is 7.92. The normalized spacial score (nSPS) is 24.5. The van der Waals surface area contributed by atoms with Crippen LogP contribution in [0.15, 0.2) is 87.2 Å². The van der Waals surface area contributed by atoms with Gasteiger partial charge in [0.2, 0.25) is 0 Å². The van der Waals surface area contributed by atoms with E-state index in [9.17, 15) is 13.8 Å². The minimum atomic E-state index is -2.51. The van der Waals surface area contributed by atoms with Gasteiger partial charge in [0.15, 0.2) is 5.82 Å². The van der Waals surface area contributed by atoms with E-state index >= 15 is 9.18 Å². The molecule has 15 nitrogen and oxygen atoms in total. The zero-order valence-corrected chi connectivity index (χ0v) is 38.2. The summed E-state index contributed by atoms with van der Waals surface area (Å²) < 4.78 is 53.1. The standard InChI is InChI=1S/C49H52FN9O6S/c1-28-23-38(24-29(2)43(28)50)59-44(57-18-17-56(48(57)62)37-8-5-32(6-9-37)34-14-21-66(51,63)22-15-34)42-31(4)55(16-11-39(42)53-59)45(60)41-26-36-25-35(33-12-19-64-20-13-33)7-10-40(36)58(41)49(27-30(49)3)46-52-47(61)65-54-46/h5-10,17-18,23-26,30-31,33-34,51H,11-16,19-22,27H2,1-4H3,(H,52,54,61)/t30-,31-,34?,49-,66?/m0/s1. The molecule has 3 aromatic carbocycles. The molecule has 66 heavy (non-hydrogen) atoms. The van der Waals surface area contributed by atoms with Crippen LogP contribution in [0.4, 0.5) is 4.39 Å². The summed E-state index contributed by atoms with van der Waals surface area (Å²) in [4.78, 5) is 47.3. The summed E-state index contributed by atoms with van der Waals surface area (Å²) in [6.45, 7) is 9.18. The van der Waals surface area contributed by atoms with Gasteiger partial charge in [0.25, 0.3) is 5.91 Å². The summed E-state index contributed by atoms with van der Waals surface area (Å²) in [5, 5.41) is 10.2. The Morgan fingerprint density at radius 1 is 0.894 bits per heavy atom. The van der Waals surface area contributed by atoms with Gasteiger partial charge in [-0.3, -0.25) is 28.2 Å². The van der Waals surface area contributed by atoms with Gasteiger partial charge in [0.05, 0.1) is 23.1 Å². The van der Waals surface area contributed by atoms with Gasteiger partial charge in [-0.05, 0) is 135 Å². The number of H-pyrrole nitrogens is 1. The second kappa shape index (κ2) is 15.6. The number of carbonyl (C=O) groups excluding carboxylic acids is 1. The van der Waals surface area contributed by atoms with Crippen LogP contribution in [0.5, 0.6) is 0 Å². The fourth-order valence-corrected chi connectivity index (χ4v) is 12.6. The number of aryl methyl sites for hydroxylation is 2. The maximum absolute atomic E-state index is 15.5. The maximum Gasteiger partial charge on any atom is 0.438 e. The van der Waals surface area contributed by atoms with Gasteiger partial charge in [-0.2, -0.15) is 5.10 Å². The Morgan fingerprint density at radius 2 is 1.56 bits per heavy atom. The maximum atomic E-state index is 15.5. The molecule has 1 saturated carbocycles. The fourth-order valence-electron chi connectivity index (χ4n) is 11.1. The number of nitrogens with one attached hydrogen (secondary N) is 2. The van der Waals surface area contributed by atoms with E-state index in [1.807, 2.05) is 46.7 Å². The quantitative estimate of drug-likeness (QED) is 0.157. The predicted octanol–water partition coefficient (Wildman–Crippen LogP) is 7.56. The number of amides is 1. The van der Waals surface area contributed by atoms with E-state index in [2.05, 4.69) is 35.3 Å². The van der Waals surface area contributed by atoms with Crippen molar-refractivity contribution in [1.82, 2.24) is 38.5 Å². The zero-order chi connectivity index (χ0) is 45.8. The Balaban J connectivity index is 1.01. The molecule has 17 heteroatoms. The van der Waals surface area contributed by atoms with Gasteiger partial charge in [0.1, 0.15) is 22.9 Å². The number of nitrogens with zero attached hydrogens (tertiary/aromatic N) is 7. The van der Waals surface area contributed by atoms with E-state index in [1.54, 1.807) is 52.2 Å². The molecule has 7 aromatic rings. The molecular formula is C49H52FN9O6S. The van der Waals surface area contributed by atoms with Crippen LogP contribution in [0.1, 0.15) is 114 Å². The molecule has 342 valence electrons. The third-order valence-corrected chi connectivity index (χ3v) is 16.7. The van der Waals surface area contributed by atoms with Crippen molar-refractivity contribution in [3.63, 3.8) is 0 Å². The van der Waals surface area contributed by atoms with Crippen LogP contribution in [-0.2, 0) is 26.4 Å². The summed E-state index contributed by atoms with van der Waals surface area (Å²) in [6.07, 6.45) is 7.65. The average molecular weight is 914 g/mol. The summed E-state index contributed by atoms with van der Waals surface area (Å²) in [5.41, 5.74) is 5.94. The number of aromatic amines is 1. The first-order valence-electron chi connectivity index (χ1n) is 22.9. The van der Waals surface area contributed by atoms with Crippen LogP contribution in [-0.4, -0.2) is 79.9 Å². The largest absolute Gasteiger partial charge is 0.438 e. The van der Waals surface area contributed by atoms with Gasteiger partial charge < -0.3 is 14.2 Å². The van der Waals surface area contributed by atoms with Gasteiger partial charge in [-0.1, -0.05) is 30.3 Å². The van der Waals surface area contributed by atoms with Crippen molar-refractivity contribution in [3.8, 4) is 17.2 Å². The van der Waals surface area contributed by atoms with E-state index < -0.39 is 27.1 Å². The summed E-state index contributed by atoms with van der Waals surface area (Å²) >= 11 is 0. The van der Waals surface area contributed by atoms with Crippen LogP contribution in [0.3, 0.4) is 0 Å². The first kappa shape index (κ1) is 42.3. The Bertz CT molecular complexity index is 3280. The molecule has 4 aliphatic rings. The lowest BCUT2D eigenvalue weighted by molar-refractivity contribution is 0.0663. The molecule has 2 saturated heterocycles. The minimum absolute atomic E-state index is 0.0245. The molecule has 0 radical (unpaired) electrons. The van der Waals surface area contributed by atoms with Crippen molar-refractivity contribution >= 4 is 26.5 Å². The molecule has 2 N–H and O–H groups in total. The topological polar surface area (TPSA) is 179 Å². The molecular weight excluding hydrogens is 862 g/mol. The number of fused-ring (bicyclic) bond motifs is 2. The molecule has 7 heterocycles. The Labute approximate surface area is 380 Å². The third-order valence-electron chi connectivity index (χ3n) is 14.9. The van der Waals surface area contributed by atoms with Crippen LogP contribution in [0.2, 0.25) is 0 Å². The van der Waals surface area contributed by atoms with E-state index in [1.165, 1.54) is 5.56 Å². The van der Waals surface area contributed by atoms with Crippen molar-refractivity contribution in [2.45, 2.75) is 89.6 Å². The smallest absolute Gasteiger partial charge is 0.381 e. The number of halogens is 1. The van der Waals surface area contributed by atoms with Crippen LogP contribution in [0, 0.1) is 30.4 Å². The summed E-state index contributed by atoms with van der Waals surface area (Å²) in [5.74, 6) is 0.971. The first-order chi connectivity index (χ1) is 31.7. The monoisotopic (exact) mass is 913 g/mol. The van der Waals surface area contributed by atoms with E-state index in [0.29, 0.717) is 108 Å². The van der Waals surface area contributed by atoms with Crippen molar-refractivity contribution < 1.29 is 22.7 Å². The third kappa shape index (κ3) is 6.83. The van der Waals surface area contributed by atoms with Crippen molar-refractivity contribution in [2.24, 2.45) is 5.92 Å². The van der Waals surface area contributed by atoms with Gasteiger partial charge in [-0.15, -0.1) is 0 Å². The molecule has 4 aromatic heterocycles. The minimum Gasteiger partial charge on any atom is -0.381 e. The number of aromatic nitrogens is 7. The molecule has 3 aliphatic heterocycles. The number of rotatable bonds is 8. The first-order valence-corrected chi connectivity index (χ1v) is 24.8. The molecule has 0 spiro atoms. The molecule has 11 rings (SSSR count). The SMILES string of the molecule is Cc1cc(-n2nc3c(c2-n2ccn(-c4ccc(C5CCS(=N)(=O)CC5)cc4)c2=O)[C@H](C)N(C(=O)c2cc4cc(C5CCOCC5)ccc4n2[C@@]2(c4noc(=O)[nH]4)C[C@@H]2C)CC3)cc(C)c1F. The van der Waals surface area contributed by atoms with Gasteiger partial charge in [0, 0.05) is 76.3 Å². The fraction of sp³-hybridized carbons (Fsp3) is 0.408. The van der Waals surface area contributed by atoms with E-state index in [-0.39, 0.29) is 29.2 Å². The molecule has 1 aliphatic carbocycles. The number of imidazole rings is 1. The summed E-state index contributed by atoms with van der Waals surface area (Å²) in [6, 6.07) is 19.0. The Hall–Kier alpha value is -6.33. The lowest BCUT2D eigenvalue weighted by Crippen LogP contribution is -2.41. The van der Waals surface area contributed by atoms with Crippen molar-refractivity contribution in [1.29, 1.82) is 4.78 Å². The zero-order valence-electron chi connectivity index (χ0n) is 37.4. The molecule has 0 bridgehead atoms. The van der Waals surface area contributed by atoms with Crippen molar-refractivity contribution in [3.05, 3.63) is 145 Å². The van der Waals surface area contributed by atoms with Crippen LogP contribution in [0.25, 0.3) is 28.1 Å². The highest BCUT2D eigenvalue weighted by Gasteiger charge is 2.59. The van der Waals surface area contributed by atoms with E-state index in [4.69, 9.17) is 19.1 Å². The highest BCUT2D eigenvalue weighted by Crippen LogP contribution is 2.56. The summed E-state index contributed by atoms with van der Waals surface area (Å²) in [7, 11) is -2.51. The lowest BCUT2D eigenvalue weighted by Gasteiger charge is -2.34. The molecule has 3 atom stereocenters. The van der Waals surface area contributed by atoms with Gasteiger partial charge in [-0.25, -0.2) is 22.9 Å². The van der Waals surface area contributed by atoms with Crippen molar-refractivity contribution in [2.75, 3.05) is 31.3 Å². The van der Waals surface area contributed by atoms with Crippen LogP contribution < -0.4 is 11.4 Å². The second-order valence-electron chi connectivity index (χ2n) is 18.9. The molecule has 0 unspecified atom stereocenters. The number of ether oxygens (including phenoxy) is 1. The highest BCUT2D eigenvalue weighted by atomic mass is 32.2. The number of carbonyl (C=O) groups is 1. The van der Waals surface area contributed by atoms with Crippen LogP contribution >= 0.6 is 0 Å². The average Bonchev–Trinajstić information content (AvgIpc) is 3.81. The van der Waals surface area contributed by atoms with Gasteiger partial charge >= 0.3 is 11.4 Å². The molecule has 3 fully saturated rings. The number of hydrogen-bond acceptors (Lipinski definition) is 9. The Morgan fingerprint density at radius 3 is 2.23 bits per heavy atom. The second-order valence-corrected chi connectivity index (χ2v) is 21.3. The van der Waals surface area contributed by atoms with E-state index in [0.717, 1.165) is 35.0 Å². The predicted molar refractivity (Wildman–Crippen MR) is 246 cm³/mol. The number of hydrogen-bond donors (Lipinski definition) is 2. The number of benzene rings is 3. The molecule has 1 amide bonds. The lowest BCUT2D eigenvalue weighted by atomic mass is 9.91. The Kier molecular flexibility index (Phi) is 10.0.